The molecule has 0 aromatic carbocycles. The summed E-state index contributed by atoms with van der Waals surface area (Å²) < 4.78 is 0. The zero-order valence-corrected chi connectivity index (χ0v) is 15.7. The Labute approximate surface area is 157 Å². The van der Waals surface area contributed by atoms with Crippen molar-refractivity contribution in [2.45, 2.75) is 44.7 Å². The second kappa shape index (κ2) is 10.3. The fourth-order valence-electron chi connectivity index (χ4n) is 2.75. The van der Waals surface area contributed by atoms with Gasteiger partial charge in [-0.1, -0.05) is 0 Å². The molecule has 0 aromatic rings. The average Bonchev–Trinajstić information content (AvgIpc) is 2.58. The molecule has 27 heavy (non-hydrogen) atoms. The van der Waals surface area contributed by atoms with Gasteiger partial charge in [-0.3, -0.25) is 24.2 Å². The highest BCUT2D eigenvalue weighted by atomic mass is 16.4. The third-order valence-corrected chi connectivity index (χ3v) is 4.29. The molecule has 1 fully saturated rings. The van der Waals surface area contributed by atoms with Gasteiger partial charge in [-0.05, 0) is 26.2 Å². The Morgan fingerprint density at radius 3 is 2.63 bits per heavy atom. The van der Waals surface area contributed by atoms with Crippen molar-refractivity contribution in [2.75, 3.05) is 26.7 Å². The van der Waals surface area contributed by atoms with Crippen LogP contribution in [0.2, 0.25) is 0 Å². The van der Waals surface area contributed by atoms with Crippen molar-refractivity contribution < 1.29 is 24.3 Å². The van der Waals surface area contributed by atoms with Crippen LogP contribution in [0.25, 0.3) is 0 Å². The third kappa shape index (κ3) is 7.12. The van der Waals surface area contributed by atoms with E-state index in [2.05, 4.69) is 10.3 Å². The van der Waals surface area contributed by atoms with Crippen molar-refractivity contribution in [3.8, 4) is 0 Å². The van der Waals surface area contributed by atoms with Crippen LogP contribution < -0.4 is 16.8 Å². The number of rotatable bonds is 8. The van der Waals surface area contributed by atoms with Crippen molar-refractivity contribution in [1.29, 1.82) is 0 Å². The molecule has 1 heterocycles. The number of carbonyl (C=O) groups excluding carboxylic acids is 3. The van der Waals surface area contributed by atoms with Gasteiger partial charge in [0.25, 0.3) is 0 Å². The number of carbonyl (C=O) groups is 4. The quantitative estimate of drug-likeness (QED) is 0.214. The topological polar surface area (TPSA) is 171 Å². The molecule has 1 saturated heterocycles. The van der Waals surface area contributed by atoms with Crippen molar-refractivity contribution in [3.63, 3.8) is 0 Å². The fourth-order valence-corrected chi connectivity index (χ4v) is 2.75. The van der Waals surface area contributed by atoms with E-state index >= 15 is 0 Å². The number of hydrogen-bond acceptors (Lipinski definition) is 5. The van der Waals surface area contributed by atoms with E-state index in [0.717, 1.165) is 0 Å². The van der Waals surface area contributed by atoms with Gasteiger partial charge in [0.1, 0.15) is 12.1 Å². The molecule has 0 saturated carbocycles. The van der Waals surface area contributed by atoms with Gasteiger partial charge >= 0.3 is 5.97 Å². The smallest absolute Gasteiger partial charge is 0.325 e. The van der Waals surface area contributed by atoms with Gasteiger partial charge in [0.2, 0.25) is 17.7 Å². The summed E-state index contributed by atoms with van der Waals surface area (Å²) in [6, 6.07) is -1.78. The van der Waals surface area contributed by atoms with Crippen LogP contribution >= 0.6 is 0 Å². The normalized spacial score (nSPS) is 19.1. The van der Waals surface area contributed by atoms with E-state index in [-0.39, 0.29) is 37.3 Å². The molecule has 1 aliphatic rings. The van der Waals surface area contributed by atoms with Gasteiger partial charge in [0, 0.05) is 26.6 Å². The van der Waals surface area contributed by atoms with Crippen molar-refractivity contribution in [2.24, 2.45) is 16.5 Å². The minimum absolute atomic E-state index is 0.0470. The zero-order valence-electron chi connectivity index (χ0n) is 15.7. The fraction of sp³-hybridized carbons (Fsp3) is 0.688. The molecule has 1 aliphatic heterocycles. The van der Waals surface area contributed by atoms with E-state index in [1.807, 2.05) is 0 Å². The van der Waals surface area contributed by atoms with Crippen LogP contribution in [0.4, 0.5) is 0 Å². The van der Waals surface area contributed by atoms with Gasteiger partial charge < -0.3 is 31.7 Å². The maximum Gasteiger partial charge on any atom is 0.325 e. The van der Waals surface area contributed by atoms with E-state index in [1.165, 1.54) is 16.7 Å². The molecule has 0 aromatic heterocycles. The summed E-state index contributed by atoms with van der Waals surface area (Å²) in [5, 5.41) is 11.2. The summed E-state index contributed by atoms with van der Waals surface area (Å²) in [5.74, 6) is -2.27. The SMILES string of the molecule is C[C@H](NC(=O)CN1CCCC(=O)N(C)[C@@H](CCCN=C(N)N)C1=O)C(=O)O. The lowest BCUT2D eigenvalue weighted by Gasteiger charge is -2.35. The first-order valence-corrected chi connectivity index (χ1v) is 8.75. The number of guanidine groups is 1. The van der Waals surface area contributed by atoms with Gasteiger partial charge in [0.15, 0.2) is 5.96 Å². The largest absolute Gasteiger partial charge is 0.480 e. The summed E-state index contributed by atoms with van der Waals surface area (Å²) in [4.78, 5) is 54.6. The molecule has 0 unspecified atom stereocenters. The summed E-state index contributed by atoms with van der Waals surface area (Å²) in [5.41, 5.74) is 10.5. The van der Waals surface area contributed by atoms with Gasteiger partial charge in [-0.2, -0.15) is 0 Å². The molecular formula is C16H28N6O5. The Morgan fingerprint density at radius 1 is 1.37 bits per heavy atom. The summed E-state index contributed by atoms with van der Waals surface area (Å²) in [6.45, 7) is 1.65. The highest BCUT2D eigenvalue weighted by Crippen LogP contribution is 2.15. The van der Waals surface area contributed by atoms with E-state index in [1.54, 1.807) is 7.05 Å². The number of nitrogens with one attached hydrogen (secondary N) is 1. The number of likely N-dealkylation sites (N-methyl/N-ethyl adjacent to an activating group) is 1. The highest BCUT2D eigenvalue weighted by molar-refractivity contribution is 5.92. The highest BCUT2D eigenvalue weighted by Gasteiger charge is 2.33. The van der Waals surface area contributed by atoms with Crippen molar-refractivity contribution in [1.82, 2.24) is 15.1 Å². The van der Waals surface area contributed by atoms with Crippen LogP contribution in [0, 0.1) is 0 Å². The molecule has 11 nitrogen and oxygen atoms in total. The number of nitrogens with zero attached hydrogens (tertiary/aromatic N) is 3. The number of carboxylic acids is 1. The first-order chi connectivity index (χ1) is 12.6. The molecular weight excluding hydrogens is 356 g/mol. The van der Waals surface area contributed by atoms with Gasteiger partial charge in [-0.15, -0.1) is 0 Å². The Hall–Kier alpha value is -2.85. The molecule has 0 bridgehead atoms. The second-order valence-electron chi connectivity index (χ2n) is 6.46. The summed E-state index contributed by atoms with van der Waals surface area (Å²) >= 11 is 0. The molecule has 0 aliphatic carbocycles. The molecule has 152 valence electrons. The molecule has 11 heteroatoms. The van der Waals surface area contributed by atoms with Crippen LogP contribution in [0.15, 0.2) is 4.99 Å². The van der Waals surface area contributed by atoms with E-state index < -0.39 is 24.0 Å². The van der Waals surface area contributed by atoms with Gasteiger partial charge in [0.05, 0.1) is 6.54 Å². The molecule has 6 N–H and O–H groups in total. The summed E-state index contributed by atoms with van der Waals surface area (Å²) in [6.07, 6.45) is 1.53. The Bertz CT molecular complexity index is 604. The molecule has 2 atom stereocenters. The van der Waals surface area contributed by atoms with Crippen LogP contribution in [-0.2, 0) is 19.2 Å². The second-order valence-corrected chi connectivity index (χ2v) is 6.46. The Kier molecular flexibility index (Phi) is 8.49. The number of carboxylic acid groups (broad SMARTS) is 1. The molecule has 0 spiro atoms. The predicted octanol–water partition coefficient (Wildman–Crippen LogP) is -1.92. The van der Waals surface area contributed by atoms with Crippen LogP contribution in [0.1, 0.15) is 32.6 Å². The number of hydrogen-bond donors (Lipinski definition) is 4. The first kappa shape index (κ1) is 22.2. The van der Waals surface area contributed by atoms with Crippen molar-refractivity contribution >= 4 is 29.7 Å². The number of aliphatic imine (C=N–C) groups is 1. The van der Waals surface area contributed by atoms with E-state index in [4.69, 9.17) is 16.6 Å². The van der Waals surface area contributed by atoms with Crippen LogP contribution in [0.5, 0.6) is 0 Å². The maximum atomic E-state index is 12.9. The lowest BCUT2D eigenvalue weighted by Crippen LogP contribution is -2.54. The van der Waals surface area contributed by atoms with E-state index in [9.17, 15) is 19.2 Å². The van der Waals surface area contributed by atoms with Crippen LogP contribution in [0.3, 0.4) is 0 Å². The number of amides is 3. The Balaban J connectivity index is 2.81. The molecule has 0 radical (unpaired) electrons. The predicted molar refractivity (Wildman–Crippen MR) is 97.5 cm³/mol. The van der Waals surface area contributed by atoms with Gasteiger partial charge in [-0.25, -0.2) is 0 Å². The minimum Gasteiger partial charge on any atom is -0.480 e. The maximum absolute atomic E-state index is 12.9. The molecule has 1 rings (SSSR count). The summed E-state index contributed by atoms with van der Waals surface area (Å²) in [7, 11) is 1.56. The lowest BCUT2D eigenvalue weighted by atomic mass is 10.0. The Morgan fingerprint density at radius 2 is 2.04 bits per heavy atom. The average molecular weight is 384 g/mol. The minimum atomic E-state index is -1.16. The number of nitrogens with two attached hydrogens (primary N) is 2. The van der Waals surface area contributed by atoms with Crippen LogP contribution in [-0.4, -0.2) is 83.3 Å². The lowest BCUT2D eigenvalue weighted by molar-refractivity contribution is -0.149. The van der Waals surface area contributed by atoms with E-state index in [0.29, 0.717) is 25.8 Å². The first-order valence-electron chi connectivity index (χ1n) is 8.75. The van der Waals surface area contributed by atoms with Crippen molar-refractivity contribution in [3.05, 3.63) is 0 Å². The zero-order chi connectivity index (χ0) is 20.6. The third-order valence-electron chi connectivity index (χ3n) is 4.29. The standard InChI is InChI=1S/C16H28N6O5/c1-10(15(26)27)20-12(23)9-22-8-4-6-13(24)21(2)11(14(22)25)5-3-7-19-16(17)18/h10-11H,3-9H2,1-2H3,(H,20,23)(H,26,27)(H4,17,18,19)/t10-,11-/m0/s1. The number of aliphatic carboxylic acids is 1. The molecule has 3 amide bonds. The monoisotopic (exact) mass is 384 g/mol.